The van der Waals surface area contributed by atoms with Crippen molar-refractivity contribution >= 4 is 17.6 Å². The number of nitrogens with one attached hydrogen (secondary N) is 2. The van der Waals surface area contributed by atoms with Crippen LogP contribution in [0.1, 0.15) is 12.5 Å². The number of nitro groups is 1. The molecule has 0 saturated carbocycles. The quantitative estimate of drug-likeness (QED) is 0.520. The van der Waals surface area contributed by atoms with Crippen LogP contribution < -0.4 is 16.4 Å². The van der Waals surface area contributed by atoms with Crippen molar-refractivity contribution in [2.45, 2.75) is 19.5 Å². The number of primary amides is 1. The van der Waals surface area contributed by atoms with Gasteiger partial charge in [0.2, 0.25) is 5.91 Å². The van der Waals surface area contributed by atoms with E-state index >= 15 is 0 Å². The predicted octanol–water partition coefficient (Wildman–Crippen LogP) is 0.268. The first-order chi connectivity index (χ1) is 8.91. The number of rotatable bonds is 5. The monoisotopic (exact) mass is 266 g/mol. The summed E-state index contributed by atoms with van der Waals surface area (Å²) in [5.74, 6) is -0.592. The second-order valence-corrected chi connectivity index (χ2v) is 3.84. The Morgan fingerprint density at radius 3 is 2.63 bits per heavy atom. The standard InChI is InChI=1S/C11H14N4O4/c1-7(10(16)14-11(12)17)13-6-8-4-2-3-5-9(8)15(18)19/h2-5,7,13H,6H2,1H3,(H3,12,14,16,17). The lowest BCUT2D eigenvalue weighted by atomic mass is 10.1. The molecule has 0 bridgehead atoms. The van der Waals surface area contributed by atoms with Crippen molar-refractivity contribution in [3.05, 3.63) is 39.9 Å². The van der Waals surface area contributed by atoms with E-state index in [2.05, 4.69) is 5.32 Å². The number of urea groups is 1. The van der Waals surface area contributed by atoms with E-state index < -0.39 is 22.9 Å². The molecule has 8 heteroatoms. The topological polar surface area (TPSA) is 127 Å². The number of nitrogens with two attached hydrogens (primary N) is 1. The number of nitro benzene ring substituents is 1. The average molecular weight is 266 g/mol. The Morgan fingerprint density at radius 1 is 1.42 bits per heavy atom. The van der Waals surface area contributed by atoms with Gasteiger partial charge in [0.05, 0.1) is 11.0 Å². The Balaban J connectivity index is 2.64. The highest BCUT2D eigenvalue weighted by Gasteiger charge is 2.16. The molecule has 19 heavy (non-hydrogen) atoms. The third-order valence-electron chi connectivity index (χ3n) is 2.43. The van der Waals surface area contributed by atoms with Crippen molar-refractivity contribution < 1.29 is 14.5 Å². The summed E-state index contributed by atoms with van der Waals surface area (Å²) in [6.45, 7) is 1.65. The lowest BCUT2D eigenvalue weighted by Crippen LogP contribution is -2.46. The van der Waals surface area contributed by atoms with Gasteiger partial charge in [0.25, 0.3) is 5.69 Å². The Hall–Kier alpha value is -2.48. The molecule has 3 amide bonds. The molecular weight excluding hydrogens is 252 g/mol. The van der Waals surface area contributed by atoms with Gasteiger partial charge in [0, 0.05) is 18.2 Å². The van der Waals surface area contributed by atoms with Crippen LogP contribution in [0.15, 0.2) is 24.3 Å². The third kappa shape index (κ3) is 4.36. The summed E-state index contributed by atoms with van der Waals surface area (Å²) < 4.78 is 0. The summed E-state index contributed by atoms with van der Waals surface area (Å²) in [6.07, 6.45) is 0. The maximum absolute atomic E-state index is 11.4. The second kappa shape index (κ2) is 6.45. The number of carbonyl (C=O) groups excluding carboxylic acids is 2. The molecule has 1 aromatic carbocycles. The van der Waals surface area contributed by atoms with Gasteiger partial charge in [-0.1, -0.05) is 18.2 Å². The van der Waals surface area contributed by atoms with Gasteiger partial charge in [-0.05, 0) is 6.92 Å². The summed E-state index contributed by atoms with van der Waals surface area (Å²) in [6, 6.07) is 4.55. The first-order valence-corrected chi connectivity index (χ1v) is 5.47. The summed E-state index contributed by atoms with van der Waals surface area (Å²) in [5.41, 5.74) is 5.23. The number of nitrogens with zero attached hydrogens (tertiary/aromatic N) is 1. The lowest BCUT2D eigenvalue weighted by molar-refractivity contribution is -0.385. The fourth-order valence-corrected chi connectivity index (χ4v) is 1.42. The molecule has 0 aliphatic carbocycles. The molecule has 0 spiro atoms. The molecule has 0 saturated heterocycles. The second-order valence-electron chi connectivity index (χ2n) is 3.84. The van der Waals surface area contributed by atoms with E-state index in [1.807, 2.05) is 5.32 Å². The molecule has 0 heterocycles. The van der Waals surface area contributed by atoms with Crippen molar-refractivity contribution in [2.24, 2.45) is 5.73 Å². The summed E-state index contributed by atoms with van der Waals surface area (Å²) in [7, 11) is 0. The molecule has 0 aromatic heterocycles. The van der Waals surface area contributed by atoms with E-state index in [1.165, 1.54) is 13.0 Å². The van der Waals surface area contributed by atoms with E-state index in [-0.39, 0.29) is 12.2 Å². The summed E-state index contributed by atoms with van der Waals surface area (Å²) >= 11 is 0. The van der Waals surface area contributed by atoms with Gasteiger partial charge in [-0.15, -0.1) is 0 Å². The predicted molar refractivity (Wildman–Crippen MR) is 67.1 cm³/mol. The van der Waals surface area contributed by atoms with Gasteiger partial charge in [0.1, 0.15) is 0 Å². The highest BCUT2D eigenvalue weighted by molar-refractivity contribution is 5.96. The van der Waals surface area contributed by atoms with E-state index in [4.69, 9.17) is 5.73 Å². The molecule has 1 atom stereocenters. The highest BCUT2D eigenvalue weighted by Crippen LogP contribution is 2.17. The van der Waals surface area contributed by atoms with Crippen LogP contribution in [0, 0.1) is 10.1 Å². The van der Waals surface area contributed by atoms with Gasteiger partial charge < -0.3 is 11.1 Å². The van der Waals surface area contributed by atoms with E-state index in [0.29, 0.717) is 5.56 Å². The van der Waals surface area contributed by atoms with E-state index in [0.717, 1.165) is 0 Å². The number of benzene rings is 1. The minimum atomic E-state index is -0.940. The average Bonchev–Trinajstić information content (AvgIpc) is 2.35. The van der Waals surface area contributed by atoms with Crippen molar-refractivity contribution in [2.75, 3.05) is 0 Å². The minimum absolute atomic E-state index is 0.0301. The molecule has 102 valence electrons. The smallest absolute Gasteiger partial charge is 0.318 e. The Kier molecular flexibility index (Phi) is 4.95. The number of imide groups is 1. The molecule has 0 aliphatic heterocycles. The van der Waals surface area contributed by atoms with Gasteiger partial charge in [0.15, 0.2) is 0 Å². The first-order valence-electron chi connectivity index (χ1n) is 5.47. The van der Waals surface area contributed by atoms with E-state index in [1.54, 1.807) is 18.2 Å². The van der Waals surface area contributed by atoms with Crippen LogP contribution in [0.25, 0.3) is 0 Å². The maximum Gasteiger partial charge on any atom is 0.318 e. The van der Waals surface area contributed by atoms with Crippen molar-refractivity contribution in [1.29, 1.82) is 0 Å². The zero-order valence-corrected chi connectivity index (χ0v) is 10.3. The summed E-state index contributed by atoms with van der Waals surface area (Å²) in [5, 5.41) is 15.5. The fraction of sp³-hybridized carbons (Fsp3) is 0.273. The van der Waals surface area contributed by atoms with E-state index in [9.17, 15) is 19.7 Å². The summed E-state index contributed by atoms with van der Waals surface area (Å²) in [4.78, 5) is 32.2. The molecule has 0 radical (unpaired) electrons. The highest BCUT2D eigenvalue weighted by atomic mass is 16.6. The van der Waals surface area contributed by atoms with Crippen molar-refractivity contribution in [3.8, 4) is 0 Å². The number of carbonyl (C=O) groups is 2. The van der Waals surface area contributed by atoms with Gasteiger partial charge in [-0.25, -0.2) is 4.79 Å². The molecule has 1 unspecified atom stereocenters. The van der Waals surface area contributed by atoms with Crippen LogP contribution in [0.2, 0.25) is 0 Å². The van der Waals surface area contributed by atoms with Gasteiger partial charge in [-0.3, -0.25) is 20.2 Å². The SMILES string of the molecule is CC(NCc1ccccc1[N+](=O)[O-])C(=O)NC(N)=O. The number of amides is 3. The molecule has 0 aliphatic rings. The minimum Gasteiger partial charge on any atom is -0.351 e. The van der Waals surface area contributed by atoms with Crippen molar-refractivity contribution in [3.63, 3.8) is 0 Å². The van der Waals surface area contributed by atoms with Crippen LogP contribution in [0.5, 0.6) is 0 Å². The zero-order chi connectivity index (χ0) is 14.4. The van der Waals surface area contributed by atoms with Gasteiger partial charge in [-0.2, -0.15) is 0 Å². The van der Waals surface area contributed by atoms with Crippen LogP contribution >= 0.6 is 0 Å². The Labute approximate surface area is 109 Å². The Bertz CT molecular complexity index is 503. The molecule has 1 rings (SSSR count). The molecule has 4 N–H and O–H groups in total. The lowest BCUT2D eigenvalue weighted by Gasteiger charge is -2.12. The third-order valence-corrected chi connectivity index (χ3v) is 2.43. The molecule has 1 aromatic rings. The number of hydrogen-bond donors (Lipinski definition) is 3. The maximum atomic E-state index is 11.4. The van der Waals surface area contributed by atoms with Gasteiger partial charge >= 0.3 is 6.03 Å². The molecule has 8 nitrogen and oxygen atoms in total. The fourth-order valence-electron chi connectivity index (χ4n) is 1.42. The van der Waals surface area contributed by atoms with Crippen LogP contribution in [0.3, 0.4) is 0 Å². The molecule has 0 fully saturated rings. The zero-order valence-electron chi connectivity index (χ0n) is 10.3. The molecular formula is C11H14N4O4. The van der Waals surface area contributed by atoms with Crippen LogP contribution in [-0.4, -0.2) is 22.9 Å². The van der Waals surface area contributed by atoms with Crippen molar-refractivity contribution in [1.82, 2.24) is 10.6 Å². The van der Waals surface area contributed by atoms with Crippen LogP contribution in [0.4, 0.5) is 10.5 Å². The number of para-hydroxylation sites is 1. The number of hydrogen-bond acceptors (Lipinski definition) is 5. The largest absolute Gasteiger partial charge is 0.351 e. The Morgan fingerprint density at radius 2 is 2.05 bits per heavy atom. The normalized spacial score (nSPS) is 11.6. The van der Waals surface area contributed by atoms with Crippen LogP contribution in [-0.2, 0) is 11.3 Å². The first kappa shape index (κ1) is 14.6.